The van der Waals surface area contributed by atoms with E-state index in [9.17, 15) is 19.8 Å². The number of piperidine rings is 1. The van der Waals surface area contributed by atoms with Gasteiger partial charge >= 0.3 is 0 Å². The number of carbonyl (C=O) groups excluding carboxylic acids is 2. The van der Waals surface area contributed by atoms with Crippen LogP contribution in [0.15, 0.2) is 0 Å². The number of nitrogens with one attached hydrogen (secondary N) is 1. The van der Waals surface area contributed by atoms with Gasteiger partial charge in [0.25, 0.3) is 0 Å². The number of carboxylic acid groups (broad SMARTS) is 1. The van der Waals surface area contributed by atoms with Crippen LogP contribution in [0.1, 0.15) is 6.42 Å². The number of aliphatic hydroxyl groups is 1. The summed E-state index contributed by atoms with van der Waals surface area (Å²) < 4.78 is 0. The largest absolute Gasteiger partial charge is 0.848 e. The molecule has 0 radical (unpaired) electrons. The maximum absolute atomic E-state index is 11.5. The fraction of sp³-hybridized carbons (Fsp3) is 0.778. The minimum Gasteiger partial charge on any atom is -0.848 e. The Hall–Kier alpha value is -1.18. The second-order valence-electron chi connectivity index (χ2n) is 3.88. The lowest BCUT2D eigenvalue weighted by Gasteiger charge is -2.31. The Bertz CT molecular complexity index is 271. The SMILES string of the molecule is O=C(NC(CO)C(=O)[O-])C1C[NH2+]CC([O-])C1. The second kappa shape index (κ2) is 5.78. The van der Waals surface area contributed by atoms with Crippen LogP contribution in [0, 0.1) is 5.92 Å². The first kappa shape index (κ1) is 12.9. The van der Waals surface area contributed by atoms with Crippen LogP contribution >= 0.6 is 0 Å². The molecule has 1 amide bonds. The van der Waals surface area contributed by atoms with Crippen LogP contribution in [0.4, 0.5) is 0 Å². The smallest absolute Gasteiger partial charge is 0.229 e. The molecule has 1 heterocycles. The molecule has 0 bridgehead atoms. The zero-order valence-corrected chi connectivity index (χ0v) is 8.72. The highest BCUT2D eigenvalue weighted by atomic mass is 16.4. The number of hydrogen-bond donors (Lipinski definition) is 3. The summed E-state index contributed by atoms with van der Waals surface area (Å²) in [6.07, 6.45) is -0.604. The molecule has 1 rings (SSSR count). The van der Waals surface area contributed by atoms with Gasteiger partial charge in [0.05, 0.1) is 37.6 Å². The zero-order chi connectivity index (χ0) is 12.1. The molecule has 0 aromatic rings. The van der Waals surface area contributed by atoms with Gasteiger partial charge in [-0.25, -0.2) is 0 Å². The van der Waals surface area contributed by atoms with E-state index in [2.05, 4.69) is 5.32 Å². The first-order valence-electron chi connectivity index (χ1n) is 5.14. The number of nitrogens with two attached hydrogens (primary N) is 1. The first-order valence-corrected chi connectivity index (χ1v) is 5.14. The number of carbonyl (C=O) groups is 2. The number of quaternary nitrogens is 1. The molecule has 0 aromatic carbocycles. The van der Waals surface area contributed by atoms with Gasteiger partial charge in [0, 0.05) is 0 Å². The van der Waals surface area contributed by atoms with Gasteiger partial charge in [0.2, 0.25) is 5.91 Å². The molecule has 92 valence electrons. The topological polar surface area (TPSA) is 129 Å². The molecule has 3 atom stereocenters. The van der Waals surface area contributed by atoms with Gasteiger partial charge in [0.15, 0.2) is 0 Å². The molecule has 1 aliphatic heterocycles. The van der Waals surface area contributed by atoms with Crippen molar-refractivity contribution in [2.45, 2.75) is 18.6 Å². The molecule has 0 saturated carbocycles. The Morgan fingerprint density at radius 2 is 2.19 bits per heavy atom. The third-order valence-corrected chi connectivity index (χ3v) is 2.58. The number of aliphatic carboxylic acids is 1. The molecular weight excluding hydrogens is 216 g/mol. The maximum atomic E-state index is 11.5. The minimum atomic E-state index is -1.53. The number of carboxylic acids is 1. The highest BCUT2D eigenvalue weighted by Crippen LogP contribution is 2.06. The van der Waals surface area contributed by atoms with E-state index in [4.69, 9.17) is 5.11 Å². The third-order valence-electron chi connectivity index (χ3n) is 2.58. The van der Waals surface area contributed by atoms with Crippen molar-refractivity contribution >= 4 is 11.9 Å². The monoisotopic (exact) mass is 231 g/mol. The summed E-state index contributed by atoms with van der Waals surface area (Å²) in [5, 5.41) is 34.2. The molecular formula is C9H15N2O5-. The fourth-order valence-corrected chi connectivity index (χ4v) is 1.68. The Balaban J connectivity index is 2.47. The maximum Gasteiger partial charge on any atom is 0.229 e. The number of aliphatic hydroxyl groups excluding tert-OH is 1. The van der Waals surface area contributed by atoms with Crippen molar-refractivity contribution in [3.05, 3.63) is 0 Å². The van der Waals surface area contributed by atoms with Crippen LogP contribution in [0.25, 0.3) is 0 Å². The molecule has 0 aromatic heterocycles. The van der Waals surface area contributed by atoms with E-state index in [0.29, 0.717) is 13.1 Å². The van der Waals surface area contributed by atoms with E-state index >= 15 is 0 Å². The summed E-state index contributed by atoms with van der Waals surface area (Å²) in [7, 11) is 0. The average Bonchev–Trinajstić information content (AvgIpc) is 2.25. The Labute approximate surface area is 92.5 Å². The Kier molecular flexibility index (Phi) is 4.66. The predicted molar refractivity (Wildman–Crippen MR) is 47.6 cm³/mol. The van der Waals surface area contributed by atoms with Gasteiger partial charge in [-0.05, 0) is 6.42 Å². The second-order valence-corrected chi connectivity index (χ2v) is 3.88. The summed E-state index contributed by atoms with van der Waals surface area (Å²) in [4.78, 5) is 22.0. The molecule has 4 N–H and O–H groups in total. The van der Waals surface area contributed by atoms with E-state index in [1.165, 1.54) is 0 Å². The van der Waals surface area contributed by atoms with Gasteiger partial charge in [-0.1, -0.05) is 6.10 Å². The summed E-state index contributed by atoms with van der Waals surface area (Å²) in [6.45, 7) is 0.189. The third kappa shape index (κ3) is 3.44. The highest BCUT2D eigenvalue weighted by molar-refractivity contribution is 5.84. The lowest BCUT2D eigenvalue weighted by atomic mass is 9.96. The molecule has 1 saturated heterocycles. The van der Waals surface area contributed by atoms with Crippen molar-refractivity contribution in [2.24, 2.45) is 5.92 Å². The lowest BCUT2D eigenvalue weighted by Crippen LogP contribution is -2.91. The first-order chi connectivity index (χ1) is 7.54. The molecule has 1 fully saturated rings. The van der Waals surface area contributed by atoms with Gasteiger partial charge in [-0.3, -0.25) is 4.79 Å². The fourth-order valence-electron chi connectivity index (χ4n) is 1.68. The number of rotatable bonds is 4. The van der Waals surface area contributed by atoms with Crippen molar-refractivity contribution in [1.29, 1.82) is 0 Å². The predicted octanol–water partition coefficient (Wildman–Crippen LogP) is -5.47. The summed E-state index contributed by atoms with van der Waals surface area (Å²) >= 11 is 0. The molecule has 0 spiro atoms. The zero-order valence-electron chi connectivity index (χ0n) is 8.72. The Morgan fingerprint density at radius 3 is 2.69 bits per heavy atom. The standard InChI is InChI=1S/C9H15N2O5/c12-4-7(9(15)16)11-8(14)5-1-6(13)3-10-2-5/h5-7,10,12H,1-4H2,(H,11,14)(H,15,16)/q-1. The van der Waals surface area contributed by atoms with Crippen molar-refractivity contribution in [3.63, 3.8) is 0 Å². The van der Waals surface area contributed by atoms with Crippen LogP contribution in [0.3, 0.4) is 0 Å². The molecule has 7 nitrogen and oxygen atoms in total. The van der Waals surface area contributed by atoms with Crippen LogP contribution < -0.4 is 20.8 Å². The molecule has 7 heteroatoms. The van der Waals surface area contributed by atoms with Crippen molar-refractivity contribution < 1.29 is 30.2 Å². The molecule has 16 heavy (non-hydrogen) atoms. The quantitative estimate of drug-likeness (QED) is 0.444. The van der Waals surface area contributed by atoms with Gasteiger partial charge in [0.1, 0.15) is 0 Å². The summed E-state index contributed by atoms with van der Waals surface area (Å²) in [5.74, 6) is -2.54. The number of hydrogen-bond acceptors (Lipinski definition) is 5. The summed E-state index contributed by atoms with van der Waals surface area (Å²) in [6, 6.07) is -1.40. The van der Waals surface area contributed by atoms with Gasteiger partial charge in [-0.2, -0.15) is 0 Å². The normalized spacial score (nSPS) is 27.1. The van der Waals surface area contributed by atoms with E-state index in [1.54, 1.807) is 5.32 Å². The number of amides is 1. The van der Waals surface area contributed by atoms with Crippen molar-refractivity contribution in [3.8, 4) is 0 Å². The summed E-state index contributed by atoms with van der Waals surface area (Å²) in [5.41, 5.74) is 0. The van der Waals surface area contributed by atoms with Crippen LogP contribution in [0.2, 0.25) is 0 Å². The average molecular weight is 231 g/mol. The van der Waals surface area contributed by atoms with Crippen LogP contribution in [-0.2, 0) is 9.59 Å². The van der Waals surface area contributed by atoms with E-state index in [-0.39, 0.29) is 6.42 Å². The van der Waals surface area contributed by atoms with E-state index in [1.807, 2.05) is 0 Å². The van der Waals surface area contributed by atoms with E-state index < -0.39 is 36.5 Å². The highest BCUT2D eigenvalue weighted by Gasteiger charge is 2.26. The van der Waals surface area contributed by atoms with Gasteiger partial charge < -0.3 is 30.7 Å². The Morgan fingerprint density at radius 1 is 1.50 bits per heavy atom. The van der Waals surface area contributed by atoms with Crippen LogP contribution in [-0.4, -0.2) is 48.8 Å². The molecule has 0 aliphatic carbocycles. The minimum absolute atomic E-state index is 0.202. The van der Waals surface area contributed by atoms with Crippen molar-refractivity contribution in [2.75, 3.05) is 19.7 Å². The van der Waals surface area contributed by atoms with Crippen molar-refractivity contribution in [1.82, 2.24) is 5.32 Å². The van der Waals surface area contributed by atoms with Gasteiger partial charge in [-0.15, -0.1) is 0 Å². The lowest BCUT2D eigenvalue weighted by molar-refractivity contribution is -0.696. The molecule has 3 unspecified atom stereocenters. The van der Waals surface area contributed by atoms with Crippen LogP contribution in [0.5, 0.6) is 0 Å². The molecule has 1 aliphatic rings. The van der Waals surface area contributed by atoms with E-state index in [0.717, 1.165) is 0 Å².